The van der Waals surface area contributed by atoms with Crippen molar-refractivity contribution in [1.29, 1.82) is 0 Å². The number of carbonyl (C=O) groups excluding carboxylic acids is 1. The predicted octanol–water partition coefficient (Wildman–Crippen LogP) is 4.15. The van der Waals surface area contributed by atoms with Crippen molar-refractivity contribution in [3.8, 4) is 0 Å². The molecule has 23 heavy (non-hydrogen) atoms. The van der Waals surface area contributed by atoms with E-state index in [0.29, 0.717) is 15.6 Å². The molecule has 2 rings (SSSR count). The minimum absolute atomic E-state index is 0.148. The molecule has 0 aromatic heterocycles. The molecule has 0 saturated carbocycles. The quantitative estimate of drug-likeness (QED) is 0.580. The number of nitrogens with zero attached hydrogens (tertiary/aromatic N) is 1. The number of carbonyl (C=O) groups is 2. The van der Waals surface area contributed by atoms with E-state index in [9.17, 15) is 14.7 Å². The lowest BCUT2D eigenvalue weighted by molar-refractivity contribution is -0.145. The number of benzene rings is 1. The summed E-state index contributed by atoms with van der Waals surface area (Å²) in [6.45, 7) is 3.84. The molecule has 1 amide bonds. The molecule has 1 heterocycles. The number of carboxylic acid groups (broad SMARTS) is 1. The topological polar surface area (TPSA) is 57.6 Å². The minimum atomic E-state index is -1.03. The smallest absolute Gasteiger partial charge is 0.326 e. The van der Waals surface area contributed by atoms with E-state index >= 15 is 0 Å². The third kappa shape index (κ3) is 4.43. The number of hydrogen-bond acceptors (Lipinski definition) is 4. The molecule has 1 aromatic rings. The maximum atomic E-state index is 12.6. The van der Waals surface area contributed by atoms with Gasteiger partial charge in [0.15, 0.2) is 0 Å². The van der Waals surface area contributed by atoms with Crippen LogP contribution in [-0.2, 0) is 9.59 Å². The van der Waals surface area contributed by atoms with Crippen molar-refractivity contribution in [2.45, 2.75) is 26.3 Å². The van der Waals surface area contributed by atoms with Gasteiger partial charge in [0.1, 0.15) is 10.4 Å². The summed E-state index contributed by atoms with van der Waals surface area (Å²) in [7, 11) is 0. The van der Waals surface area contributed by atoms with Crippen molar-refractivity contribution in [2.75, 3.05) is 0 Å². The van der Waals surface area contributed by atoms with Crippen LogP contribution in [0.5, 0.6) is 0 Å². The van der Waals surface area contributed by atoms with Crippen LogP contribution in [0, 0.1) is 5.92 Å². The van der Waals surface area contributed by atoms with E-state index in [-0.39, 0.29) is 11.8 Å². The summed E-state index contributed by atoms with van der Waals surface area (Å²) < 4.78 is 1.20. The van der Waals surface area contributed by atoms with Gasteiger partial charge in [0.2, 0.25) is 0 Å². The van der Waals surface area contributed by atoms with E-state index < -0.39 is 12.0 Å². The van der Waals surface area contributed by atoms with Crippen LogP contribution in [0.3, 0.4) is 0 Å². The van der Waals surface area contributed by atoms with Gasteiger partial charge in [-0.3, -0.25) is 9.69 Å². The average molecular weight is 414 g/mol. The maximum absolute atomic E-state index is 12.6. The second kappa shape index (κ2) is 7.59. The molecule has 1 unspecified atom stereocenters. The second-order valence-electron chi connectivity index (χ2n) is 5.59. The molecular weight excluding hydrogens is 398 g/mol. The van der Waals surface area contributed by atoms with Crippen LogP contribution in [0.4, 0.5) is 0 Å². The standard InChI is InChI=1S/C16H16BrNO3S2/c1-9(2)6-12(15(20)21)18-14(19)13(23-16(18)22)8-10-4-3-5-11(17)7-10/h3-5,7-9,12H,6H2,1-2H3,(H,20,21). The molecule has 7 heteroatoms. The van der Waals surface area contributed by atoms with Crippen molar-refractivity contribution in [1.82, 2.24) is 4.90 Å². The Kier molecular flexibility index (Phi) is 6.00. The van der Waals surface area contributed by atoms with Gasteiger partial charge in [-0.2, -0.15) is 0 Å². The Hall–Kier alpha value is -1.18. The van der Waals surface area contributed by atoms with Gasteiger partial charge in [0.25, 0.3) is 5.91 Å². The van der Waals surface area contributed by atoms with E-state index in [1.54, 1.807) is 6.08 Å². The van der Waals surface area contributed by atoms with Crippen molar-refractivity contribution in [2.24, 2.45) is 5.92 Å². The van der Waals surface area contributed by atoms with E-state index in [2.05, 4.69) is 15.9 Å². The summed E-state index contributed by atoms with van der Waals surface area (Å²) in [5, 5.41) is 9.44. The third-order valence-electron chi connectivity index (χ3n) is 3.26. The lowest BCUT2D eigenvalue weighted by Gasteiger charge is -2.24. The third-order valence-corrected chi connectivity index (χ3v) is 5.09. The molecule has 1 aliphatic heterocycles. The van der Waals surface area contributed by atoms with Gasteiger partial charge in [-0.15, -0.1) is 0 Å². The van der Waals surface area contributed by atoms with Crippen molar-refractivity contribution >= 4 is 62.2 Å². The van der Waals surface area contributed by atoms with Gasteiger partial charge in [0, 0.05) is 4.47 Å². The Morgan fingerprint density at radius 3 is 2.74 bits per heavy atom. The van der Waals surface area contributed by atoms with Crippen molar-refractivity contribution in [3.05, 3.63) is 39.2 Å². The number of halogens is 1. The Balaban J connectivity index is 2.30. The zero-order chi connectivity index (χ0) is 17.1. The highest BCUT2D eigenvalue weighted by Crippen LogP contribution is 2.35. The van der Waals surface area contributed by atoms with Crippen LogP contribution in [0.2, 0.25) is 0 Å². The van der Waals surface area contributed by atoms with E-state index in [0.717, 1.165) is 21.8 Å². The number of hydrogen-bond donors (Lipinski definition) is 1. The molecule has 0 spiro atoms. The molecule has 1 N–H and O–H groups in total. The molecule has 1 atom stereocenters. The monoisotopic (exact) mass is 413 g/mol. The fourth-order valence-corrected chi connectivity index (χ4v) is 4.03. The van der Waals surface area contributed by atoms with Crippen LogP contribution in [0.15, 0.2) is 33.6 Å². The highest BCUT2D eigenvalue weighted by atomic mass is 79.9. The first-order valence-electron chi connectivity index (χ1n) is 7.05. The molecular formula is C16H16BrNO3S2. The summed E-state index contributed by atoms with van der Waals surface area (Å²) in [6.07, 6.45) is 2.10. The zero-order valence-corrected chi connectivity index (χ0v) is 15.9. The van der Waals surface area contributed by atoms with Gasteiger partial charge in [0.05, 0.1) is 4.91 Å². The predicted molar refractivity (Wildman–Crippen MR) is 100 cm³/mol. The summed E-state index contributed by atoms with van der Waals surface area (Å²) in [5.74, 6) is -1.22. The first kappa shape index (κ1) is 18.2. The summed E-state index contributed by atoms with van der Waals surface area (Å²) in [6, 6.07) is 6.60. The number of carboxylic acids is 1. The molecule has 1 saturated heterocycles. The van der Waals surface area contributed by atoms with Gasteiger partial charge in [-0.1, -0.05) is 65.9 Å². The van der Waals surface area contributed by atoms with Crippen molar-refractivity contribution < 1.29 is 14.7 Å². The Morgan fingerprint density at radius 2 is 2.17 bits per heavy atom. The van der Waals surface area contributed by atoms with Crippen LogP contribution in [0.25, 0.3) is 6.08 Å². The molecule has 4 nitrogen and oxygen atoms in total. The van der Waals surface area contributed by atoms with E-state index in [4.69, 9.17) is 12.2 Å². The minimum Gasteiger partial charge on any atom is -0.480 e. The normalized spacial score (nSPS) is 18.1. The van der Waals surface area contributed by atoms with Crippen molar-refractivity contribution in [3.63, 3.8) is 0 Å². The van der Waals surface area contributed by atoms with Crippen LogP contribution in [0.1, 0.15) is 25.8 Å². The maximum Gasteiger partial charge on any atom is 0.326 e. The largest absolute Gasteiger partial charge is 0.480 e. The molecule has 0 aliphatic carbocycles. The molecule has 122 valence electrons. The van der Waals surface area contributed by atoms with Crippen LogP contribution < -0.4 is 0 Å². The lowest BCUT2D eigenvalue weighted by Crippen LogP contribution is -2.44. The molecule has 0 radical (unpaired) electrons. The number of rotatable bonds is 5. The van der Waals surface area contributed by atoms with E-state index in [1.807, 2.05) is 38.1 Å². The number of aliphatic carboxylic acids is 1. The highest BCUT2D eigenvalue weighted by molar-refractivity contribution is 9.10. The van der Waals surface area contributed by atoms with E-state index in [1.165, 1.54) is 4.90 Å². The Labute approximate surface area is 153 Å². The number of thioether (sulfide) groups is 1. The summed E-state index contributed by atoms with van der Waals surface area (Å²) >= 11 is 9.77. The molecule has 1 fully saturated rings. The second-order valence-corrected chi connectivity index (χ2v) is 8.18. The fourth-order valence-electron chi connectivity index (χ4n) is 2.26. The highest BCUT2D eigenvalue weighted by Gasteiger charge is 2.40. The van der Waals surface area contributed by atoms with Gasteiger partial charge < -0.3 is 5.11 Å². The molecule has 1 aliphatic rings. The van der Waals surface area contributed by atoms with Gasteiger partial charge in [-0.05, 0) is 36.1 Å². The lowest BCUT2D eigenvalue weighted by atomic mass is 10.0. The van der Waals surface area contributed by atoms with Crippen LogP contribution in [-0.4, -0.2) is 32.2 Å². The average Bonchev–Trinajstić information content (AvgIpc) is 2.71. The van der Waals surface area contributed by atoms with Crippen LogP contribution >= 0.6 is 39.9 Å². The summed E-state index contributed by atoms with van der Waals surface area (Å²) in [4.78, 5) is 25.8. The first-order valence-corrected chi connectivity index (χ1v) is 9.06. The zero-order valence-electron chi connectivity index (χ0n) is 12.7. The first-order chi connectivity index (χ1) is 10.8. The molecule has 0 bridgehead atoms. The molecule has 1 aromatic carbocycles. The fraction of sp³-hybridized carbons (Fsp3) is 0.312. The number of thiocarbonyl (C=S) groups is 1. The van der Waals surface area contributed by atoms with Gasteiger partial charge in [-0.25, -0.2) is 4.79 Å². The number of amides is 1. The summed E-state index contributed by atoms with van der Waals surface area (Å²) in [5.41, 5.74) is 0.857. The Morgan fingerprint density at radius 1 is 1.48 bits per heavy atom. The Bertz CT molecular complexity index is 688. The van der Waals surface area contributed by atoms with Gasteiger partial charge >= 0.3 is 5.97 Å². The SMILES string of the molecule is CC(C)CC(C(=O)O)N1C(=O)C(=Cc2cccc(Br)c2)SC1=S.